The minimum atomic E-state index is -3.45. The number of hydrogen-bond donors (Lipinski definition) is 1. The molecular formula is C15H24N2O3S. The van der Waals surface area contributed by atoms with Crippen LogP contribution in [0.1, 0.15) is 32.3 Å². The van der Waals surface area contributed by atoms with Gasteiger partial charge in [-0.2, -0.15) is 4.31 Å². The van der Waals surface area contributed by atoms with Crippen molar-refractivity contribution in [1.82, 2.24) is 4.31 Å². The third kappa shape index (κ3) is 3.56. The van der Waals surface area contributed by atoms with Crippen LogP contribution in [0.2, 0.25) is 0 Å². The van der Waals surface area contributed by atoms with E-state index in [0.29, 0.717) is 25.4 Å². The largest absolute Gasteiger partial charge is 0.398 e. The summed E-state index contributed by atoms with van der Waals surface area (Å²) in [6.07, 6.45) is 2.46. The smallest absolute Gasteiger partial charge is 0.243 e. The Morgan fingerprint density at radius 2 is 1.95 bits per heavy atom. The van der Waals surface area contributed by atoms with E-state index < -0.39 is 10.0 Å². The number of piperidine rings is 1. The number of sulfonamides is 1. The molecule has 0 saturated carbocycles. The highest BCUT2D eigenvalue weighted by Gasteiger charge is 2.29. The van der Waals surface area contributed by atoms with E-state index in [1.54, 1.807) is 18.2 Å². The second-order valence-electron chi connectivity index (χ2n) is 5.27. The molecule has 1 heterocycles. The molecule has 1 aromatic carbocycles. The average molecular weight is 312 g/mol. The predicted molar refractivity (Wildman–Crippen MR) is 83.6 cm³/mol. The van der Waals surface area contributed by atoms with Crippen molar-refractivity contribution in [2.45, 2.75) is 44.1 Å². The molecule has 1 aliphatic heterocycles. The van der Waals surface area contributed by atoms with E-state index in [1.165, 1.54) is 4.31 Å². The van der Waals surface area contributed by atoms with Gasteiger partial charge in [0.1, 0.15) is 0 Å². The highest BCUT2D eigenvalue weighted by molar-refractivity contribution is 7.89. The van der Waals surface area contributed by atoms with Gasteiger partial charge in [0, 0.05) is 25.4 Å². The van der Waals surface area contributed by atoms with Crippen molar-refractivity contribution in [3.63, 3.8) is 0 Å². The summed E-state index contributed by atoms with van der Waals surface area (Å²) in [6.45, 7) is 5.64. The van der Waals surface area contributed by atoms with Crippen LogP contribution in [-0.4, -0.2) is 38.5 Å². The number of benzene rings is 1. The molecule has 0 bridgehead atoms. The van der Waals surface area contributed by atoms with Gasteiger partial charge >= 0.3 is 0 Å². The molecule has 1 fully saturated rings. The molecule has 1 aromatic rings. The maximum absolute atomic E-state index is 12.6. The fraction of sp³-hybridized carbons (Fsp3) is 0.600. The first kappa shape index (κ1) is 16.3. The van der Waals surface area contributed by atoms with E-state index >= 15 is 0 Å². The van der Waals surface area contributed by atoms with Crippen LogP contribution in [0, 0.1) is 0 Å². The molecule has 0 aliphatic carbocycles. The van der Waals surface area contributed by atoms with Gasteiger partial charge in [-0.15, -0.1) is 0 Å². The SMILES string of the molecule is CCOC1CCN(S(=O)(=O)c2ccc(CC)c(N)c2)CC1. The summed E-state index contributed by atoms with van der Waals surface area (Å²) in [4.78, 5) is 0.284. The van der Waals surface area contributed by atoms with Crippen molar-refractivity contribution in [2.24, 2.45) is 0 Å². The van der Waals surface area contributed by atoms with E-state index in [-0.39, 0.29) is 11.0 Å². The Kier molecular flexibility index (Phi) is 5.24. The molecule has 0 atom stereocenters. The van der Waals surface area contributed by atoms with Gasteiger partial charge < -0.3 is 10.5 Å². The highest BCUT2D eigenvalue weighted by Crippen LogP contribution is 2.25. The van der Waals surface area contributed by atoms with Crippen LogP contribution >= 0.6 is 0 Å². The summed E-state index contributed by atoms with van der Waals surface area (Å²) >= 11 is 0. The van der Waals surface area contributed by atoms with Crippen LogP contribution in [0.5, 0.6) is 0 Å². The van der Waals surface area contributed by atoms with Crippen LogP contribution in [0.25, 0.3) is 0 Å². The molecule has 21 heavy (non-hydrogen) atoms. The molecule has 0 radical (unpaired) electrons. The third-order valence-corrected chi connectivity index (χ3v) is 5.83. The van der Waals surface area contributed by atoms with Gasteiger partial charge in [-0.1, -0.05) is 13.0 Å². The molecule has 118 valence electrons. The summed E-state index contributed by atoms with van der Waals surface area (Å²) in [6, 6.07) is 5.02. The van der Waals surface area contributed by atoms with Crippen LogP contribution in [-0.2, 0) is 21.2 Å². The van der Waals surface area contributed by atoms with Crippen molar-refractivity contribution in [2.75, 3.05) is 25.4 Å². The Morgan fingerprint density at radius 3 is 2.48 bits per heavy atom. The van der Waals surface area contributed by atoms with Crippen LogP contribution in [0.3, 0.4) is 0 Å². The standard InChI is InChI=1S/C15H24N2O3S/c1-3-12-5-6-14(11-15(12)16)21(18,19)17-9-7-13(8-10-17)20-4-2/h5-6,11,13H,3-4,7-10,16H2,1-2H3. The highest BCUT2D eigenvalue weighted by atomic mass is 32.2. The maximum atomic E-state index is 12.6. The van der Waals surface area contributed by atoms with Crippen molar-refractivity contribution in [3.05, 3.63) is 23.8 Å². The second kappa shape index (κ2) is 6.77. The number of nitrogen functional groups attached to an aromatic ring is 1. The maximum Gasteiger partial charge on any atom is 0.243 e. The molecule has 2 N–H and O–H groups in total. The average Bonchev–Trinajstić information content (AvgIpc) is 2.48. The number of hydrogen-bond acceptors (Lipinski definition) is 4. The molecule has 0 unspecified atom stereocenters. The molecule has 1 saturated heterocycles. The van der Waals surface area contributed by atoms with Crippen LogP contribution in [0.15, 0.2) is 23.1 Å². The van der Waals surface area contributed by atoms with E-state index in [4.69, 9.17) is 10.5 Å². The molecule has 0 amide bonds. The predicted octanol–water partition coefficient (Wildman–Crippen LogP) is 2.02. The number of nitrogens with zero attached hydrogens (tertiary/aromatic N) is 1. The first-order valence-corrected chi connectivity index (χ1v) is 8.93. The first-order chi connectivity index (χ1) is 9.98. The Labute approximate surface area is 127 Å². The Bertz CT molecular complexity index is 579. The first-order valence-electron chi connectivity index (χ1n) is 7.49. The second-order valence-corrected chi connectivity index (χ2v) is 7.21. The number of nitrogens with two attached hydrogens (primary N) is 1. The van der Waals surface area contributed by atoms with Gasteiger partial charge in [-0.25, -0.2) is 8.42 Å². The lowest BCUT2D eigenvalue weighted by Crippen LogP contribution is -2.40. The molecule has 5 nitrogen and oxygen atoms in total. The zero-order chi connectivity index (χ0) is 15.5. The van der Waals surface area contributed by atoms with Gasteiger partial charge in [0.05, 0.1) is 11.0 Å². The van der Waals surface area contributed by atoms with E-state index in [0.717, 1.165) is 24.8 Å². The summed E-state index contributed by atoms with van der Waals surface area (Å²) in [7, 11) is -3.45. The van der Waals surface area contributed by atoms with Gasteiger partial charge in [0.15, 0.2) is 0 Å². The number of rotatable bonds is 5. The molecule has 2 rings (SSSR count). The van der Waals surface area contributed by atoms with E-state index in [1.807, 2.05) is 13.8 Å². The lowest BCUT2D eigenvalue weighted by Gasteiger charge is -2.31. The number of anilines is 1. The van der Waals surface area contributed by atoms with Crippen molar-refractivity contribution >= 4 is 15.7 Å². The Morgan fingerprint density at radius 1 is 1.29 bits per heavy atom. The van der Waals surface area contributed by atoms with Gasteiger partial charge in [0.2, 0.25) is 10.0 Å². The molecule has 6 heteroatoms. The van der Waals surface area contributed by atoms with Crippen molar-refractivity contribution in [3.8, 4) is 0 Å². The molecule has 1 aliphatic rings. The van der Waals surface area contributed by atoms with Gasteiger partial charge in [-0.3, -0.25) is 0 Å². The minimum absolute atomic E-state index is 0.175. The molecule has 0 spiro atoms. The van der Waals surface area contributed by atoms with Gasteiger partial charge in [0.25, 0.3) is 0 Å². The normalized spacial score (nSPS) is 18.0. The summed E-state index contributed by atoms with van der Waals surface area (Å²) in [5.41, 5.74) is 7.44. The zero-order valence-corrected chi connectivity index (χ0v) is 13.5. The van der Waals surface area contributed by atoms with Crippen LogP contribution in [0.4, 0.5) is 5.69 Å². The minimum Gasteiger partial charge on any atom is -0.398 e. The lowest BCUT2D eigenvalue weighted by atomic mass is 10.1. The summed E-state index contributed by atoms with van der Waals surface area (Å²) in [5.74, 6) is 0. The monoisotopic (exact) mass is 312 g/mol. The molecule has 0 aromatic heterocycles. The quantitative estimate of drug-likeness (QED) is 0.844. The zero-order valence-electron chi connectivity index (χ0n) is 12.7. The topological polar surface area (TPSA) is 72.6 Å². The summed E-state index contributed by atoms with van der Waals surface area (Å²) < 4.78 is 32.4. The molecular weight excluding hydrogens is 288 g/mol. The Balaban J connectivity index is 2.14. The number of aryl methyl sites for hydroxylation is 1. The Hall–Kier alpha value is -1.11. The number of ether oxygens (including phenoxy) is 1. The fourth-order valence-corrected chi connectivity index (χ4v) is 4.18. The fourth-order valence-electron chi connectivity index (χ4n) is 2.68. The van der Waals surface area contributed by atoms with Crippen molar-refractivity contribution < 1.29 is 13.2 Å². The van der Waals surface area contributed by atoms with E-state index in [2.05, 4.69) is 0 Å². The van der Waals surface area contributed by atoms with Crippen LogP contribution < -0.4 is 5.73 Å². The third-order valence-electron chi connectivity index (χ3n) is 3.94. The van der Waals surface area contributed by atoms with Crippen molar-refractivity contribution in [1.29, 1.82) is 0 Å². The lowest BCUT2D eigenvalue weighted by molar-refractivity contribution is 0.0290. The van der Waals surface area contributed by atoms with Gasteiger partial charge in [-0.05, 0) is 43.9 Å². The summed E-state index contributed by atoms with van der Waals surface area (Å²) in [5, 5.41) is 0. The van der Waals surface area contributed by atoms with E-state index in [9.17, 15) is 8.42 Å².